The fourth-order valence-electron chi connectivity index (χ4n) is 5.17. The van der Waals surface area contributed by atoms with Crippen LogP contribution in [0.4, 0.5) is 5.69 Å². The van der Waals surface area contributed by atoms with E-state index in [0.717, 1.165) is 36.1 Å². The third-order valence-electron chi connectivity index (χ3n) is 6.63. The van der Waals surface area contributed by atoms with Gasteiger partial charge in [-0.3, -0.25) is 9.59 Å². The summed E-state index contributed by atoms with van der Waals surface area (Å²) in [6.07, 6.45) is 4.13. The maximum atomic E-state index is 13.9. The van der Waals surface area contributed by atoms with Crippen molar-refractivity contribution in [2.75, 3.05) is 12.4 Å². The van der Waals surface area contributed by atoms with Gasteiger partial charge in [0.15, 0.2) is 0 Å². The van der Waals surface area contributed by atoms with Gasteiger partial charge in [0.25, 0.3) is 5.91 Å². The van der Waals surface area contributed by atoms with E-state index in [1.165, 1.54) is 0 Å². The average Bonchev–Trinajstić information content (AvgIpc) is 3.53. The van der Waals surface area contributed by atoms with E-state index in [2.05, 4.69) is 5.32 Å². The molecule has 1 saturated carbocycles. The second-order valence-corrected chi connectivity index (χ2v) is 9.93. The van der Waals surface area contributed by atoms with Crippen LogP contribution < -0.4 is 10.1 Å². The van der Waals surface area contributed by atoms with Crippen molar-refractivity contribution in [1.29, 1.82) is 0 Å². The number of rotatable bonds is 5. The van der Waals surface area contributed by atoms with E-state index in [1.54, 1.807) is 36.6 Å². The average molecular weight is 481 g/mol. The number of halogens is 1. The number of fused-ring (bicyclic) bond motifs is 1. The molecule has 1 aliphatic heterocycles. The van der Waals surface area contributed by atoms with Gasteiger partial charge in [-0.25, -0.2) is 0 Å². The highest BCUT2D eigenvalue weighted by Crippen LogP contribution is 2.47. The summed E-state index contributed by atoms with van der Waals surface area (Å²) in [6.45, 7) is 0. The number of nitrogens with zero attached hydrogens (tertiary/aromatic N) is 1. The molecule has 170 valence electrons. The van der Waals surface area contributed by atoms with Gasteiger partial charge in [0, 0.05) is 21.5 Å². The molecule has 2 aromatic carbocycles. The molecule has 2 heterocycles. The van der Waals surface area contributed by atoms with Crippen LogP contribution in [0.15, 0.2) is 60.0 Å². The molecule has 0 unspecified atom stereocenters. The zero-order valence-electron chi connectivity index (χ0n) is 18.3. The first-order chi connectivity index (χ1) is 16.1. The number of hydrogen-bond acceptors (Lipinski definition) is 4. The number of amides is 2. The predicted molar refractivity (Wildman–Crippen MR) is 131 cm³/mol. The summed E-state index contributed by atoms with van der Waals surface area (Å²) in [4.78, 5) is 30.7. The van der Waals surface area contributed by atoms with Crippen molar-refractivity contribution in [3.05, 3.63) is 81.0 Å². The Balaban J connectivity index is 1.62. The van der Waals surface area contributed by atoms with Crippen molar-refractivity contribution < 1.29 is 14.3 Å². The smallest absolute Gasteiger partial charge is 0.254 e. The number of thiophene rings is 1. The summed E-state index contributed by atoms with van der Waals surface area (Å²) in [5.74, 6) is -0.188. The molecule has 1 aromatic heterocycles. The van der Waals surface area contributed by atoms with E-state index in [1.807, 2.05) is 46.7 Å². The third-order valence-corrected chi connectivity index (χ3v) is 7.81. The molecule has 1 N–H and O–H groups in total. The second kappa shape index (κ2) is 9.20. The summed E-state index contributed by atoms with van der Waals surface area (Å²) in [5.41, 5.74) is 1.88. The molecule has 5 rings (SSSR count). The maximum absolute atomic E-state index is 13.9. The lowest BCUT2D eigenvalue weighted by Gasteiger charge is -2.44. The monoisotopic (exact) mass is 480 g/mol. The van der Waals surface area contributed by atoms with Crippen molar-refractivity contribution in [3.63, 3.8) is 0 Å². The SMILES string of the molecule is COc1ccc(Cl)cc1NC(=O)[C@H]1c2ccccc2C(=O)N(C2CCCC2)[C@@H]1c1cccs1. The zero-order chi connectivity index (χ0) is 22.9. The van der Waals surface area contributed by atoms with Gasteiger partial charge in [0.2, 0.25) is 5.91 Å². The van der Waals surface area contributed by atoms with Crippen molar-refractivity contribution in [2.24, 2.45) is 0 Å². The van der Waals surface area contributed by atoms with Gasteiger partial charge in [-0.2, -0.15) is 0 Å². The third kappa shape index (κ3) is 4.02. The highest BCUT2D eigenvalue weighted by Gasteiger charge is 2.47. The van der Waals surface area contributed by atoms with Crippen LogP contribution in [0.5, 0.6) is 5.75 Å². The van der Waals surface area contributed by atoms with Crippen LogP contribution in [0.25, 0.3) is 0 Å². The van der Waals surface area contributed by atoms with Gasteiger partial charge in [-0.15, -0.1) is 11.3 Å². The molecule has 2 atom stereocenters. The first-order valence-electron chi connectivity index (χ1n) is 11.2. The molecule has 5 nitrogen and oxygen atoms in total. The van der Waals surface area contributed by atoms with Gasteiger partial charge in [-0.1, -0.05) is 48.7 Å². The van der Waals surface area contributed by atoms with Crippen molar-refractivity contribution in [1.82, 2.24) is 4.90 Å². The number of nitrogens with one attached hydrogen (secondary N) is 1. The predicted octanol–water partition coefficient (Wildman–Crippen LogP) is 6.27. The molecule has 0 spiro atoms. The number of ether oxygens (including phenoxy) is 1. The second-order valence-electron chi connectivity index (χ2n) is 8.51. The lowest BCUT2D eigenvalue weighted by Crippen LogP contribution is -2.49. The van der Waals surface area contributed by atoms with E-state index < -0.39 is 5.92 Å². The molecule has 1 aliphatic carbocycles. The van der Waals surface area contributed by atoms with Crippen LogP contribution in [0.3, 0.4) is 0 Å². The summed E-state index contributed by atoms with van der Waals surface area (Å²) in [6, 6.07) is 16.4. The lowest BCUT2D eigenvalue weighted by molar-refractivity contribution is -0.119. The Morgan fingerprint density at radius 3 is 2.64 bits per heavy atom. The van der Waals surface area contributed by atoms with E-state index in [-0.39, 0.29) is 23.9 Å². The number of carbonyl (C=O) groups excluding carboxylic acids is 2. The Hall–Kier alpha value is -2.83. The number of hydrogen-bond donors (Lipinski definition) is 1. The maximum Gasteiger partial charge on any atom is 0.254 e. The fraction of sp³-hybridized carbons (Fsp3) is 0.308. The minimum absolute atomic E-state index is 0.0142. The van der Waals surface area contributed by atoms with Gasteiger partial charge >= 0.3 is 0 Å². The summed E-state index contributed by atoms with van der Waals surface area (Å²) in [5, 5.41) is 5.56. The van der Waals surface area contributed by atoms with E-state index in [4.69, 9.17) is 16.3 Å². The molecule has 7 heteroatoms. The molecule has 2 aliphatic rings. The molecule has 1 fully saturated rings. The van der Waals surface area contributed by atoms with E-state index >= 15 is 0 Å². The Kier molecular flexibility index (Phi) is 6.13. The number of anilines is 1. The topological polar surface area (TPSA) is 58.6 Å². The van der Waals surface area contributed by atoms with Crippen LogP contribution in [0.2, 0.25) is 5.02 Å². The number of carbonyl (C=O) groups is 2. The lowest BCUT2D eigenvalue weighted by atomic mass is 9.80. The summed E-state index contributed by atoms with van der Waals surface area (Å²) < 4.78 is 5.44. The van der Waals surface area contributed by atoms with E-state index in [9.17, 15) is 9.59 Å². The molecule has 3 aromatic rings. The highest BCUT2D eigenvalue weighted by atomic mass is 35.5. The fourth-order valence-corrected chi connectivity index (χ4v) is 6.20. The quantitative estimate of drug-likeness (QED) is 0.468. The highest BCUT2D eigenvalue weighted by molar-refractivity contribution is 7.10. The van der Waals surface area contributed by atoms with Gasteiger partial charge in [-0.05, 0) is 54.1 Å². The van der Waals surface area contributed by atoms with Gasteiger partial charge in [0.1, 0.15) is 5.75 Å². The molecule has 0 saturated heterocycles. The van der Waals surface area contributed by atoms with Gasteiger partial charge in [0.05, 0.1) is 24.8 Å². The Bertz CT molecular complexity index is 1170. The van der Waals surface area contributed by atoms with Crippen LogP contribution >= 0.6 is 22.9 Å². The summed E-state index contributed by atoms with van der Waals surface area (Å²) in [7, 11) is 1.56. The number of methoxy groups -OCH3 is 1. The standard InChI is InChI=1S/C26H25ClN2O3S/c1-32-21-13-12-16(27)15-20(21)28-25(30)23-18-9-4-5-10-19(18)26(31)29(17-7-2-3-8-17)24(23)22-11-6-14-33-22/h4-6,9-15,17,23-24H,2-3,7-8H2,1H3,(H,28,30)/t23-,24+/m0/s1. The minimum atomic E-state index is -0.554. The first-order valence-corrected chi connectivity index (χ1v) is 12.4. The van der Waals surface area contributed by atoms with Crippen LogP contribution in [0, 0.1) is 0 Å². The number of benzene rings is 2. The normalized spacial score (nSPS) is 20.5. The van der Waals surface area contributed by atoms with Crippen LogP contribution in [-0.4, -0.2) is 29.9 Å². The van der Waals surface area contributed by atoms with Crippen molar-refractivity contribution in [2.45, 2.75) is 43.7 Å². The van der Waals surface area contributed by atoms with Crippen molar-refractivity contribution >= 4 is 40.4 Å². The molecule has 0 radical (unpaired) electrons. The molecule has 33 heavy (non-hydrogen) atoms. The Morgan fingerprint density at radius 2 is 1.91 bits per heavy atom. The van der Waals surface area contributed by atoms with Crippen LogP contribution in [-0.2, 0) is 4.79 Å². The Labute approximate surface area is 202 Å². The van der Waals surface area contributed by atoms with Crippen molar-refractivity contribution in [3.8, 4) is 5.75 Å². The Morgan fingerprint density at radius 1 is 1.12 bits per heavy atom. The largest absolute Gasteiger partial charge is 0.495 e. The summed E-state index contributed by atoms with van der Waals surface area (Å²) >= 11 is 7.79. The molecular weight excluding hydrogens is 456 g/mol. The first kappa shape index (κ1) is 22.0. The molecular formula is C26H25ClN2O3S. The minimum Gasteiger partial charge on any atom is -0.495 e. The molecule has 0 bridgehead atoms. The van der Waals surface area contributed by atoms with E-state index in [0.29, 0.717) is 22.0 Å². The molecule has 2 amide bonds. The van der Waals surface area contributed by atoms with Gasteiger partial charge < -0.3 is 15.0 Å². The zero-order valence-corrected chi connectivity index (χ0v) is 19.9. The van der Waals surface area contributed by atoms with Crippen LogP contribution in [0.1, 0.15) is 58.4 Å².